The van der Waals surface area contributed by atoms with Crippen LogP contribution in [0.5, 0.6) is 17.2 Å². The molecule has 0 saturated heterocycles. The van der Waals surface area contributed by atoms with Gasteiger partial charge in [-0.25, -0.2) is 0 Å². The molecule has 110 valence electrons. The Morgan fingerprint density at radius 3 is 2.52 bits per heavy atom. The number of ketones is 1. The summed E-state index contributed by atoms with van der Waals surface area (Å²) in [6, 6.07) is 1.37. The van der Waals surface area contributed by atoms with E-state index in [-0.39, 0.29) is 22.8 Å². The minimum atomic E-state index is -0.604. The lowest BCUT2D eigenvalue weighted by molar-refractivity contribution is 0.0981. The van der Waals surface area contributed by atoms with Gasteiger partial charge in [-0.05, 0) is 13.0 Å². The van der Waals surface area contributed by atoms with Crippen LogP contribution < -0.4 is 4.74 Å². The number of carbonyl (C=O) groups excluding carboxylic acids is 1. The number of aromatic hydroxyl groups is 2. The van der Waals surface area contributed by atoms with E-state index in [1.807, 2.05) is 0 Å². The van der Waals surface area contributed by atoms with Crippen LogP contribution in [-0.4, -0.2) is 30.2 Å². The van der Waals surface area contributed by atoms with Gasteiger partial charge in [0, 0.05) is 18.2 Å². The predicted molar refractivity (Wildman–Crippen MR) is 72.1 cm³/mol. The monoisotopic (exact) mass is 290 g/mol. The molecule has 0 unspecified atom stereocenters. The Kier molecular flexibility index (Phi) is 2.91. The number of furan rings is 1. The molecule has 0 aliphatic heterocycles. The van der Waals surface area contributed by atoms with E-state index in [0.717, 1.165) is 0 Å². The van der Waals surface area contributed by atoms with Gasteiger partial charge in [-0.1, -0.05) is 0 Å². The Hall–Kier alpha value is -2.47. The van der Waals surface area contributed by atoms with Crippen molar-refractivity contribution in [2.75, 3.05) is 14.2 Å². The third-order valence-corrected chi connectivity index (χ3v) is 3.73. The van der Waals surface area contributed by atoms with Crippen LogP contribution in [-0.2, 0) is 4.74 Å². The first-order chi connectivity index (χ1) is 10.0. The molecular formula is C15H14O6. The fourth-order valence-electron chi connectivity index (χ4n) is 2.81. The van der Waals surface area contributed by atoms with Crippen molar-refractivity contribution in [2.45, 2.75) is 13.0 Å². The number of aryl methyl sites for hydroxylation is 1. The maximum Gasteiger partial charge on any atom is 0.203 e. The Morgan fingerprint density at radius 1 is 1.19 bits per heavy atom. The third kappa shape index (κ3) is 1.66. The minimum Gasteiger partial charge on any atom is -0.504 e. The number of benzene rings is 1. The van der Waals surface area contributed by atoms with Gasteiger partial charge >= 0.3 is 0 Å². The summed E-state index contributed by atoms with van der Waals surface area (Å²) in [6.45, 7) is 1.67. The number of ether oxygens (including phenoxy) is 2. The van der Waals surface area contributed by atoms with Crippen molar-refractivity contribution in [3.63, 3.8) is 0 Å². The molecule has 1 heterocycles. The van der Waals surface area contributed by atoms with Crippen LogP contribution >= 0.6 is 0 Å². The number of rotatable bonds is 2. The van der Waals surface area contributed by atoms with E-state index in [1.165, 1.54) is 26.5 Å². The molecule has 6 nitrogen and oxygen atoms in total. The lowest BCUT2D eigenvalue weighted by Gasteiger charge is -2.25. The molecule has 1 aliphatic carbocycles. The largest absolute Gasteiger partial charge is 0.504 e. The Labute approximate surface area is 120 Å². The smallest absolute Gasteiger partial charge is 0.203 e. The van der Waals surface area contributed by atoms with Crippen LogP contribution in [0.4, 0.5) is 0 Å². The van der Waals surface area contributed by atoms with Crippen LogP contribution in [0.2, 0.25) is 0 Å². The van der Waals surface area contributed by atoms with Crippen LogP contribution in [0.15, 0.2) is 16.7 Å². The number of methoxy groups -OCH3 is 2. The topological polar surface area (TPSA) is 89.1 Å². The molecule has 1 aromatic heterocycles. The number of carbonyl (C=O) groups is 1. The van der Waals surface area contributed by atoms with E-state index in [0.29, 0.717) is 22.5 Å². The number of hydrogen-bond donors (Lipinski definition) is 2. The van der Waals surface area contributed by atoms with Crippen molar-refractivity contribution in [3.8, 4) is 17.2 Å². The summed E-state index contributed by atoms with van der Waals surface area (Å²) in [5.74, 6) is -0.718. The van der Waals surface area contributed by atoms with Crippen LogP contribution in [0.25, 0.3) is 0 Å². The van der Waals surface area contributed by atoms with Crippen molar-refractivity contribution in [2.24, 2.45) is 0 Å². The summed E-state index contributed by atoms with van der Waals surface area (Å²) in [4.78, 5) is 12.6. The number of fused-ring (bicyclic) bond motifs is 2. The van der Waals surface area contributed by atoms with Crippen LogP contribution in [0, 0.1) is 6.92 Å². The molecule has 0 bridgehead atoms. The van der Waals surface area contributed by atoms with Gasteiger partial charge in [0.05, 0.1) is 24.5 Å². The molecule has 1 aliphatic rings. The summed E-state index contributed by atoms with van der Waals surface area (Å²) in [7, 11) is 2.78. The van der Waals surface area contributed by atoms with Gasteiger partial charge in [0.25, 0.3) is 0 Å². The molecule has 0 spiro atoms. The van der Waals surface area contributed by atoms with Gasteiger partial charge in [-0.3, -0.25) is 4.79 Å². The SMILES string of the molecule is COc1c(O)cc2c(c1O)C(=O)c1c(coc1C)[C@@H]2OC. The second-order valence-electron chi connectivity index (χ2n) is 4.81. The zero-order valence-corrected chi connectivity index (χ0v) is 11.8. The van der Waals surface area contributed by atoms with Gasteiger partial charge in [0.1, 0.15) is 11.9 Å². The van der Waals surface area contributed by atoms with E-state index in [4.69, 9.17) is 13.9 Å². The Bertz CT molecular complexity index is 743. The van der Waals surface area contributed by atoms with Gasteiger partial charge in [-0.2, -0.15) is 0 Å². The molecule has 0 fully saturated rings. The maximum atomic E-state index is 12.6. The van der Waals surface area contributed by atoms with E-state index in [1.54, 1.807) is 6.92 Å². The normalized spacial score (nSPS) is 16.5. The summed E-state index contributed by atoms with van der Waals surface area (Å²) in [6.07, 6.45) is 0.853. The summed E-state index contributed by atoms with van der Waals surface area (Å²) < 4.78 is 15.7. The molecule has 0 amide bonds. The summed E-state index contributed by atoms with van der Waals surface area (Å²) in [5.41, 5.74) is 1.40. The quantitative estimate of drug-likeness (QED) is 0.882. The van der Waals surface area contributed by atoms with E-state index in [2.05, 4.69) is 0 Å². The lowest BCUT2D eigenvalue weighted by atomic mass is 9.83. The molecule has 21 heavy (non-hydrogen) atoms. The van der Waals surface area contributed by atoms with Gasteiger partial charge in [0.15, 0.2) is 11.5 Å². The first kappa shape index (κ1) is 13.5. The second kappa shape index (κ2) is 4.53. The number of phenolic OH excluding ortho intramolecular Hbond substituents is 2. The first-order valence-corrected chi connectivity index (χ1v) is 6.29. The molecule has 1 aromatic carbocycles. The van der Waals surface area contributed by atoms with Crippen molar-refractivity contribution >= 4 is 5.78 Å². The van der Waals surface area contributed by atoms with E-state index >= 15 is 0 Å². The van der Waals surface area contributed by atoms with E-state index in [9.17, 15) is 15.0 Å². The average molecular weight is 290 g/mol. The molecule has 1 atom stereocenters. The van der Waals surface area contributed by atoms with Crippen molar-refractivity contribution in [1.29, 1.82) is 0 Å². The first-order valence-electron chi connectivity index (χ1n) is 6.29. The predicted octanol–water partition coefficient (Wildman–Crippen LogP) is 2.29. The highest BCUT2D eigenvalue weighted by atomic mass is 16.5. The van der Waals surface area contributed by atoms with Crippen LogP contribution in [0.1, 0.15) is 38.9 Å². The lowest BCUT2D eigenvalue weighted by Crippen LogP contribution is -2.20. The molecule has 2 N–H and O–H groups in total. The molecule has 3 rings (SSSR count). The van der Waals surface area contributed by atoms with Crippen molar-refractivity contribution in [3.05, 3.63) is 40.3 Å². The highest BCUT2D eigenvalue weighted by Crippen LogP contribution is 2.48. The number of hydrogen-bond acceptors (Lipinski definition) is 6. The summed E-state index contributed by atoms with van der Waals surface area (Å²) in [5, 5.41) is 20.2. The Morgan fingerprint density at radius 2 is 1.90 bits per heavy atom. The molecule has 6 heteroatoms. The molecule has 0 radical (unpaired) electrons. The highest BCUT2D eigenvalue weighted by molar-refractivity contribution is 6.15. The van der Waals surface area contributed by atoms with Gasteiger partial charge in [0.2, 0.25) is 11.5 Å². The zero-order valence-electron chi connectivity index (χ0n) is 11.8. The molecular weight excluding hydrogens is 276 g/mol. The fourth-order valence-corrected chi connectivity index (χ4v) is 2.81. The summed E-state index contributed by atoms with van der Waals surface area (Å²) >= 11 is 0. The van der Waals surface area contributed by atoms with Crippen molar-refractivity contribution in [1.82, 2.24) is 0 Å². The average Bonchev–Trinajstić information content (AvgIpc) is 2.81. The van der Waals surface area contributed by atoms with Gasteiger partial charge in [-0.15, -0.1) is 0 Å². The number of phenols is 2. The third-order valence-electron chi connectivity index (χ3n) is 3.73. The zero-order chi connectivity index (χ0) is 15.3. The van der Waals surface area contributed by atoms with E-state index < -0.39 is 11.9 Å². The minimum absolute atomic E-state index is 0.0634. The Balaban J connectivity index is 2.36. The molecule has 2 aromatic rings. The molecule has 0 saturated carbocycles. The fraction of sp³-hybridized carbons (Fsp3) is 0.267. The van der Waals surface area contributed by atoms with Crippen molar-refractivity contribution < 1.29 is 28.9 Å². The highest BCUT2D eigenvalue weighted by Gasteiger charge is 2.38. The standard InChI is InChI=1S/C15H14O6/c1-6-10-8(5-21-6)14(19-2)7-4-9(16)15(20-3)13(18)11(7)12(10)17/h4-5,14,16,18H,1-3H3/t14-/m1/s1. The van der Waals surface area contributed by atoms with Gasteiger partial charge < -0.3 is 24.1 Å². The van der Waals surface area contributed by atoms with Crippen LogP contribution in [0.3, 0.4) is 0 Å². The second-order valence-corrected chi connectivity index (χ2v) is 4.81. The maximum absolute atomic E-state index is 12.6.